The van der Waals surface area contributed by atoms with E-state index in [2.05, 4.69) is 26.8 Å². The maximum atomic E-state index is 13.8. The molecule has 1 aliphatic rings. The van der Waals surface area contributed by atoms with Crippen LogP contribution < -0.4 is 24.4 Å². The maximum absolute atomic E-state index is 13.8. The Morgan fingerprint density at radius 2 is 1.97 bits per heavy atom. The lowest BCUT2D eigenvalue weighted by molar-refractivity contribution is -0.139. The Labute approximate surface area is 226 Å². The number of hydrogen-bond acceptors (Lipinski definition) is 7. The van der Waals surface area contributed by atoms with E-state index in [1.807, 2.05) is 31.2 Å². The zero-order chi connectivity index (χ0) is 26.7. The van der Waals surface area contributed by atoms with Crippen molar-refractivity contribution in [3.8, 4) is 23.8 Å². The van der Waals surface area contributed by atoms with E-state index in [4.69, 9.17) is 20.6 Å². The summed E-state index contributed by atoms with van der Waals surface area (Å²) < 4.78 is 19.1. The Morgan fingerprint density at radius 3 is 2.62 bits per heavy atom. The largest absolute Gasteiger partial charge is 0.493 e. The quantitative estimate of drug-likeness (QED) is 0.313. The molecule has 190 valence electrons. The number of allylic oxidation sites excluding steroid dienone is 1. The number of ether oxygens (including phenoxy) is 3. The van der Waals surface area contributed by atoms with Gasteiger partial charge in [-0.15, -0.1) is 6.42 Å². The predicted molar refractivity (Wildman–Crippen MR) is 147 cm³/mol. The fraction of sp³-hybridized carbons (Fsp3) is 0.250. The summed E-state index contributed by atoms with van der Waals surface area (Å²) in [6.07, 6.45) is 7.07. The van der Waals surface area contributed by atoms with Crippen LogP contribution in [-0.2, 0) is 9.53 Å². The molecule has 1 atom stereocenters. The van der Waals surface area contributed by atoms with Crippen molar-refractivity contribution in [2.24, 2.45) is 4.99 Å². The van der Waals surface area contributed by atoms with Crippen LogP contribution >= 0.6 is 27.3 Å². The Balaban J connectivity index is 1.91. The number of fused-ring (bicyclic) bond motifs is 1. The molecule has 3 aromatic rings. The van der Waals surface area contributed by atoms with Gasteiger partial charge >= 0.3 is 5.97 Å². The van der Waals surface area contributed by atoms with Gasteiger partial charge in [0.2, 0.25) is 0 Å². The molecule has 0 unspecified atom stereocenters. The normalized spacial score (nSPS) is 15.0. The molecule has 0 radical (unpaired) electrons. The van der Waals surface area contributed by atoms with E-state index >= 15 is 0 Å². The van der Waals surface area contributed by atoms with Gasteiger partial charge in [-0.05, 0) is 50.1 Å². The van der Waals surface area contributed by atoms with Crippen molar-refractivity contribution in [1.82, 2.24) is 4.57 Å². The highest BCUT2D eigenvalue weighted by Crippen LogP contribution is 2.34. The molecule has 0 fully saturated rings. The molecule has 0 bridgehead atoms. The number of terminal acetylenes is 1. The molecule has 0 aliphatic carbocycles. The molecule has 1 aliphatic heterocycles. The highest BCUT2D eigenvalue weighted by Gasteiger charge is 2.33. The van der Waals surface area contributed by atoms with Gasteiger partial charge in [0, 0.05) is 4.47 Å². The van der Waals surface area contributed by atoms with Crippen LogP contribution in [0.25, 0.3) is 6.08 Å². The van der Waals surface area contributed by atoms with Crippen molar-refractivity contribution in [2.45, 2.75) is 26.8 Å². The van der Waals surface area contributed by atoms with Gasteiger partial charge in [0.25, 0.3) is 5.56 Å². The molecule has 4 rings (SSSR count). The van der Waals surface area contributed by atoms with Crippen molar-refractivity contribution in [1.29, 1.82) is 0 Å². The second kappa shape index (κ2) is 11.2. The topological polar surface area (TPSA) is 79.1 Å². The number of halogens is 1. The average molecular weight is 581 g/mol. The van der Waals surface area contributed by atoms with E-state index in [-0.39, 0.29) is 18.8 Å². The van der Waals surface area contributed by atoms with E-state index in [1.54, 1.807) is 36.6 Å². The molecule has 37 heavy (non-hydrogen) atoms. The number of rotatable bonds is 7. The number of carbonyl (C=O) groups is 1. The van der Waals surface area contributed by atoms with Crippen LogP contribution in [0.15, 0.2) is 61.9 Å². The van der Waals surface area contributed by atoms with Crippen molar-refractivity contribution in [2.75, 3.05) is 20.3 Å². The predicted octanol–water partition coefficient (Wildman–Crippen LogP) is 3.89. The Morgan fingerprint density at radius 1 is 1.24 bits per heavy atom. The number of esters is 1. The van der Waals surface area contributed by atoms with Gasteiger partial charge in [-0.25, -0.2) is 9.79 Å². The van der Waals surface area contributed by atoms with Crippen molar-refractivity contribution >= 4 is 39.3 Å². The van der Waals surface area contributed by atoms with E-state index < -0.39 is 12.0 Å². The van der Waals surface area contributed by atoms with Crippen molar-refractivity contribution in [3.05, 3.63) is 88.5 Å². The van der Waals surface area contributed by atoms with E-state index in [9.17, 15) is 9.59 Å². The lowest BCUT2D eigenvalue weighted by atomic mass is 9.95. The van der Waals surface area contributed by atoms with Crippen LogP contribution in [0.2, 0.25) is 0 Å². The zero-order valence-electron chi connectivity index (χ0n) is 20.8. The third-order valence-electron chi connectivity index (χ3n) is 5.79. The lowest BCUT2D eigenvalue weighted by Crippen LogP contribution is -2.39. The average Bonchev–Trinajstić information content (AvgIpc) is 3.18. The summed E-state index contributed by atoms with van der Waals surface area (Å²) in [5, 5.41) is 0. The minimum Gasteiger partial charge on any atom is -0.493 e. The molecule has 0 saturated carbocycles. The third kappa shape index (κ3) is 5.26. The number of hydrogen-bond donors (Lipinski definition) is 0. The van der Waals surface area contributed by atoms with Gasteiger partial charge in [-0.3, -0.25) is 9.36 Å². The molecular weight excluding hydrogens is 556 g/mol. The second-order valence-electron chi connectivity index (χ2n) is 8.23. The zero-order valence-corrected chi connectivity index (χ0v) is 23.2. The highest BCUT2D eigenvalue weighted by atomic mass is 79.9. The standard InChI is InChI=1S/C28H25BrN2O5S/c1-6-12-36-22-15-20(29)19(13-21(22)34-5)14-23-26(32)31-25(18-10-8-16(3)9-11-18)24(27(33)35-7-2)17(4)30-28(31)37-23/h1,8-11,13-15,25H,7,12H2,2-5H3/b23-14+/t25-/m1/s1. The van der Waals surface area contributed by atoms with Gasteiger partial charge in [-0.2, -0.15) is 0 Å². The second-order valence-corrected chi connectivity index (χ2v) is 10.1. The van der Waals surface area contributed by atoms with Crippen LogP contribution in [-0.4, -0.2) is 30.9 Å². The smallest absolute Gasteiger partial charge is 0.338 e. The van der Waals surface area contributed by atoms with E-state index in [0.29, 0.717) is 42.1 Å². The summed E-state index contributed by atoms with van der Waals surface area (Å²) in [5.41, 5.74) is 3.19. The molecule has 1 aromatic heterocycles. The molecule has 2 heterocycles. The first-order chi connectivity index (χ1) is 17.8. The molecule has 7 nitrogen and oxygen atoms in total. The molecule has 0 amide bonds. The monoisotopic (exact) mass is 580 g/mol. The summed E-state index contributed by atoms with van der Waals surface area (Å²) in [4.78, 5) is 31.9. The minimum atomic E-state index is -0.657. The third-order valence-corrected chi connectivity index (χ3v) is 7.46. The first-order valence-electron chi connectivity index (χ1n) is 11.5. The van der Waals surface area contributed by atoms with Crippen LogP contribution in [0.3, 0.4) is 0 Å². The first kappa shape index (κ1) is 26.5. The number of aromatic nitrogens is 1. The Hall–Kier alpha value is -3.61. The molecule has 9 heteroatoms. The number of aryl methyl sites for hydroxylation is 1. The van der Waals surface area contributed by atoms with Crippen molar-refractivity contribution < 1.29 is 19.0 Å². The molecule has 2 aromatic carbocycles. The summed E-state index contributed by atoms with van der Waals surface area (Å²) in [6.45, 7) is 5.82. The van der Waals surface area contributed by atoms with Crippen molar-refractivity contribution in [3.63, 3.8) is 0 Å². The molecule has 0 saturated heterocycles. The van der Waals surface area contributed by atoms with Gasteiger partial charge in [0.05, 0.1) is 35.6 Å². The number of nitrogens with zero attached hydrogens (tertiary/aromatic N) is 2. The molecular formula is C28H25BrN2O5S. The van der Waals surface area contributed by atoms with E-state index in [0.717, 1.165) is 11.1 Å². The summed E-state index contributed by atoms with van der Waals surface area (Å²) in [5.74, 6) is 2.91. The van der Waals surface area contributed by atoms with Gasteiger partial charge in [0.15, 0.2) is 16.3 Å². The van der Waals surface area contributed by atoms with Gasteiger partial charge in [0.1, 0.15) is 6.61 Å². The summed E-state index contributed by atoms with van der Waals surface area (Å²) in [7, 11) is 1.53. The summed E-state index contributed by atoms with van der Waals surface area (Å²) >= 11 is 4.80. The maximum Gasteiger partial charge on any atom is 0.338 e. The summed E-state index contributed by atoms with van der Waals surface area (Å²) in [6, 6.07) is 10.6. The molecule has 0 N–H and O–H groups in total. The fourth-order valence-electron chi connectivity index (χ4n) is 4.05. The van der Waals surface area contributed by atoms with Gasteiger partial charge < -0.3 is 14.2 Å². The Bertz CT molecular complexity index is 1610. The van der Waals surface area contributed by atoms with Gasteiger partial charge in [-0.1, -0.05) is 63.0 Å². The van der Waals surface area contributed by atoms with E-state index in [1.165, 1.54) is 18.4 Å². The number of methoxy groups -OCH3 is 1. The number of thiazole rings is 1. The van der Waals surface area contributed by atoms with Crippen LogP contribution in [0, 0.1) is 19.3 Å². The molecule has 0 spiro atoms. The van der Waals surface area contributed by atoms with Crippen LogP contribution in [0.1, 0.15) is 36.6 Å². The minimum absolute atomic E-state index is 0.0991. The SMILES string of the molecule is C#CCOc1cc(Br)c(/C=c2/sc3n(c2=O)[C@H](c2ccc(C)cc2)C(C(=O)OCC)=C(C)N=3)cc1OC. The van der Waals surface area contributed by atoms with Crippen LogP contribution in [0.4, 0.5) is 0 Å². The number of carbonyl (C=O) groups excluding carboxylic acids is 1. The highest BCUT2D eigenvalue weighted by molar-refractivity contribution is 9.10. The fourth-order valence-corrected chi connectivity index (χ4v) is 5.52. The first-order valence-corrected chi connectivity index (χ1v) is 13.1. The number of benzene rings is 2. The Kier molecular flexibility index (Phi) is 8.00. The van der Waals surface area contributed by atoms with Crippen LogP contribution in [0.5, 0.6) is 11.5 Å². The lowest BCUT2D eigenvalue weighted by Gasteiger charge is -2.24.